The van der Waals surface area contributed by atoms with Crippen LogP contribution in [0.4, 0.5) is 5.69 Å². The Labute approximate surface area is 204 Å². The van der Waals surface area contributed by atoms with Crippen LogP contribution in [0.15, 0.2) is 60.3 Å². The smallest absolute Gasteiger partial charge is 0.251 e. The Hall–Kier alpha value is -2.52. The SMILES string of the molecule is C=CCn1c(CNC(=O)c2ccccc2)nnc1SCC(=O)Nc1c(Cl)cc(Cl)cc1Cl. The number of halogens is 3. The van der Waals surface area contributed by atoms with Gasteiger partial charge in [-0.3, -0.25) is 9.59 Å². The highest BCUT2D eigenvalue weighted by molar-refractivity contribution is 7.99. The van der Waals surface area contributed by atoms with Gasteiger partial charge in [0.25, 0.3) is 5.91 Å². The van der Waals surface area contributed by atoms with Crippen LogP contribution in [0.25, 0.3) is 0 Å². The van der Waals surface area contributed by atoms with Gasteiger partial charge in [0.2, 0.25) is 5.91 Å². The molecule has 0 radical (unpaired) electrons. The number of carbonyl (C=O) groups excluding carboxylic acids is 2. The van der Waals surface area contributed by atoms with Gasteiger partial charge in [-0.1, -0.05) is 70.8 Å². The monoisotopic (exact) mass is 509 g/mol. The van der Waals surface area contributed by atoms with Gasteiger partial charge in [-0.2, -0.15) is 0 Å². The van der Waals surface area contributed by atoms with Crippen LogP contribution in [0.5, 0.6) is 0 Å². The highest BCUT2D eigenvalue weighted by Gasteiger charge is 2.16. The number of carbonyl (C=O) groups is 2. The molecule has 0 aliphatic carbocycles. The van der Waals surface area contributed by atoms with Gasteiger partial charge in [-0.25, -0.2) is 0 Å². The predicted octanol–water partition coefficient (Wildman–Crippen LogP) is 5.09. The third kappa shape index (κ3) is 6.26. The Kier molecular flexibility index (Phi) is 8.58. The summed E-state index contributed by atoms with van der Waals surface area (Å²) in [5.74, 6) is 0.0409. The second-order valence-electron chi connectivity index (χ2n) is 6.43. The molecule has 11 heteroatoms. The Balaban J connectivity index is 1.63. The minimum Gasteiger partial charge on any atom is -0.345 e. The van der Waals surface area contributed by atoms with Crippen molar-refractivity contribution < 1.29 is 9.59 Å². The van der Waals surface area contributed by atoms with Gasteiger partial charge in [0.1, 0.15) is 0 Å². The lowest BCUT2D eigenvalue weighted by Gasteiger charge is -2.11. The molecule has 0 fully saturated rings. The fourth-order valence-electron chi connectivity index (χ4n) is 2.69. The third-order valence-corrected chi connectivity index (χ3v) is 5.93. The van der Waals surface area contributed by atoms with E-state index in [0.717, 1.165) is 0 Å². The van der Waals surface area contributed by atoms with Crippen molar-refractivity contribution in [3.05, 3.63) is 81.6 Å². The fourth-order valence-corrected chi connectivity index (χ4v) is 4.37. The molecule has 3 rings (SSSR count). The number of nitrogens with one attached hydrogen (secondary N) is 2. The van der Waals surface area contributed by atoms with Crippen molar-refractivity contribution in [1.82, 2.24) is 20.1 Å². The van der Waals surface area contributed by atoms with Crippen molar-refractivity contribution in [1.29, 1.82) is 0 Å². The summed E-state index contributed by atoms with van der Waals surface area (Å²) in [6.45, 7) is 4.34. The van der Waals surface area contributed by atoms with Crippen molar-refractivity contribution in [2.24, 2.45) is 0 Å². The molecule has 32 heavy (non-hydrogen) atoms. The molecule has 1 aromatic heterocycles. The molecule has 0 bridgehead atoms. The number of hydrogen-bond donors (Lipinski definition) is 2. The normalized spacial score (nSPS) is 10.6. The lowest BCUT2D eigenvalue weighted by Crippen LogP contribution is -2.24. The maximum atomic E-state index is 12.4. The van der Waals surface area contributed by atoms with Crippen molar-refractivity contribution in [3.63, 3.8) is 0 Å². The molecular weight excluding hydrogens is 493 g/mol. The summed E-state index contributed by atoms with van der Waals surface area (Å²) in [5, 5.41) is 15.1. The Morgan fingerprint density at radius 2 is 1.78 bits per heavy atom. The van der Waals surface area contributed by atoms with E-state index >= 15 is 0 Å². The number of anilines is 1. The van der Waals surface area contributed by atoms with Gasteiger partial charge in [-0.05, 0) is 24.3 Å². The number of rotatable bonds is 9. The summed E-state index contributed by atoms with van der Waals surface area (Å²) < 4.78 is 1.78. The maximum Gasteiger partial charge on any atom is 0.251 e. The topological polar surface area (TPSA) is 88.9 Å². The van der Waals surface area contributed by atoms with Crippen LogP contribution >= 0.6 is 46.6 Å². The van der Waals surface area contributed by atoms with Crippen LogP contribution in [0.2, 0.25) is 15.1 Å². The van der Waals surface area contributed by atoms with E-state index in [9.17, 15) is 9.59 Å². The number of thioether (sulfide) groups is 1. The van der Waals surface area contributed by atoms with E-state index in [1.54, 1.807) is 34.9 Å². The first-order valence-corrected chi connectivity index (χ1v) is 11.4. The Bertz CT molecular complexity index is 1110. The van der Waals surface area contributed by atoms with E-state index in [4.69, 9.17) is 34.8 Å². The van der Waals surface area contributed by atoms with E-state index in [1.165, 1.54) is 23.9 Å². The first-order chi connectivity index (χ1) is 15.4. The first kappa shape index (κ1) is 24.1. The summed E-state index contributed by atoms with van der Waals surface area (Å²) >= 11 is 19.3. The van der Waals surface area contributed by atoms with E-state index in [0.29, 0.717) is 33.8 Å². The van der Waals surface area contributed by atoms with E-state index < -0.39 is 0 Å². The zero-order valence-corrected chi connectivity index (χ0v) is 19.7. The van der Waals surface area contributed by atoms with Crippen LogP contribution in [0, 0.1) is 0 Å². The van der Waals surface area contributed by atoms with Gasteiger partial charge < -0.3 is 15.2 Å². The maximum absolute atomic E-state index is 12.4. The second kappa shape index (κ2) is 11.4. The predicted molar refractivity (Wildman–Crippen MR) is 129 cm³/mol. The third-order valence-electron chi connectivity index (χ3n) is 4.15. The summed E-state index contributed by atoms with van der Waals surface area (Å²) in [7, 11) is 0. The number of benzene rings is 2. The lowest BCUT2D eigenvalue weighted by molar-refractivity contribution is -0.113. The van der Waals surface area contributed by atoms with Crippen molar-refractivity contribution in [2.75, 3.05) is 11.1 Å². The molecule has 0 atom stereocenters. The molecule has 0 unspecified atom stereocenters. The Morgan fingerprint density at radius 1 is 1.09 bits per heavy atom. The summed E-state index contributed by atoms with van der Waals surface area (Å²) in [4.78, 5) is 24.7. The van der Waals surface area contributed by atoms with Gasteiger partial charge in [0.05, 0.1) is 28.0 Å². The van der Waals surface area contributed by atoms with Crippen LogP contribution in [-0.4, -0.2) is 32.3 Å². The van der Waals surface area contributed by atoms with Crippen molar-refractivity contribution >= 4 is 64.1 Å². The summed E-state index contributed by atoms with van der Waals surface area (Å²) in [6, 6.07) is 11.9. The van der Waals surface area contributed by atoms with E-state index in [-0.39, 0.29) is 34.2 Å². The minimum atomic E-state index is -0.326. The molecule has 0 aliphatic rings. The zero-order chi connectivity index (χ0) is 23.1. The molecule has 1 heterocycles. The highest BCUT2D eigenvalue weighted by Crippen LogP contribution is 2.33. The van der Waals surface area contributed by atoms with Crippen LogP contribution in [-0.2, 0) is 17.9 Å². The second-order valence-corrected chi connectivity index (χ2v) is 8.62. The van der Waals surface area contributed by atoms with Crippen molar-refractivity contribution in [2.45, 2.75) is 18.2 Å². The fraction of sp³-hybridized carbons (Fsp3) is 0.143. The van der Waals surface area contributed by atoms with Crippen LogP contribution < -0.4 is 10.6 Å². The number of nitrogens with zero attached hydrogens (tertiary/aromatic N) is 3. The molecule has 0 saturated carbocycles. The van der Waals surface area contributed by atoms with E-state index in [2.05, 4.69) is 27.4 Å². The van der Waals surface area contributed by atoms with Gasteiger partial charge >= 0.3 is 0 Å². The number of hydrogen-bond acceptors (Lipinski definition) is 5. The standard InChI is InChI=1S/C21H18Cl3N5O2S/c1-2-8-29-17(11-25-20(31)13-6-4-3-5-7-13)27-28-21(29)32-12-18(30)26-19-15(23)9-14(22)10-16(19)24/h2-7,9-10H,1,8,11-12H2,(H,25,31)(H,26,30). The summed E-state index contributed by atoms with van der Waals surface area (Å²) in [5.41, 5.74) is 0.841. The van der Waals surface area contributed by atoms with Gasteiger partial charge in [0.15, 0.2) is 11.0 Å². The quantitative estimate of drug-likeness (QED) is 0.309. The number of aromatic nitrogens is 3. The number of allylic oxidation sites excluding steroid dienone is 1. The van der Waals surface area contributed by atoms with Gasteiger partial charge in [0, 0.05) is 17.1 Å². The molecule has 7 nitrogen and oxygen atoms in total. The zero-order valence-electron chi connectivity index (χ0n) is 16.6. The molecule has 2 aromatic carbocycles. The van der Waals surface area contributed by atoms with Gasteiger partial charge in [-0.15, -0.1) is 16.8 Å². The molecule has 166 valence electrons. The number of amides is 2. The molecule has 2 amide bonds. The van der Waals surface area contributed by atoms with E-state index in [1.807, 2.05) is 6.07 Å². The Morgan fingerprint density at radius 3 is 2.44 bits per heavy atom. The van der Waals surface area contributed by atoms with Crippen LogP contribution in [0.1, 0.15) is 16.2 Å². The van der Waals surface area contributed by atoms with Crippen molar-refractivity contribution in [3.8, 4) is 0 Å². The molecule has 0 aliphatic heterocycles. The minimum absolute atomic E-state index is 0.0426. The average molecular weight is 511 g/mol. The molecule has 3 aromatic rings. The lowest BCUT2D eigenvalue weighted by atomic mass is 10.2. The molecule has 0 saturated heterocycles. The highest BCUT2D eigenvalue weighted by atomic mass is 35.5. The first-order valence-electron chi connectivity index (χ1n) is 9.32. The molecule has 2 N–H and O–H groups in total. The largest absolute Gasteiger partial charge is 0.345 e. The molecular formula is C21H18Cl3N5O2S. The molecule has 0 spiro atoms. The van der Waals surface area contributed by atoms with Crippen LogP contribution in [0.3, 0.4) is 0 Å². The average Bonchev–Trinajstić information content (AvgIpc) is 3.15. The summed E-state index contributed by atoms with van der Waals surface area (Å²) in [6.07, 6.45) is 1.68.